The van der Waals surface area contributed by atoms with Crippen LogP contribution in [0.25, 0.3) is 6.08 Å². The van der Waals surface area contributed by atoms with Crippen molar-refractivity contribution < 1.29 is 0 Å². The van der Waals surface area contributed by atoms with E-state index in [-0.39, 0.29) is 5.57 Å². The number of allylic oxidation sites excluding steroid dienone is 1. The molecule has 0 radical (unpaired) electrons. The molecule has 3 heteroatoms. The van der Waals surface area contributed by atoms with Crippen molar-refractivity contribution in [1.29, 1.82) is 10.5 Å². The summed E-state index contributed by atoms with van der Waals surface area (Å²) >= 11 is 0. The van der Waals surface area contributed by atoms with Gasteiger partial charge in [-0.1, -0.05) is 12.1 Å². The minimum absolute atomic E-state index is 0.135. The second-order valence-corrected chi connectivity index (χ2v) is 4.15. The number of rotatable bonds is 3. The number of nitrogens with zero attached hydrogens (tertiary/aromatic N) is 3. The quantitative estimate of drug-likeness (QED) is 0.597. The van der Waals surface area contributed by atoms with Crippen LogP contribution in [0.3, 0.4) is 0 Å². The first-order chi connectivity index (χ1) is 8.78. The first-order valence-corrected chi connectivity index (χ1v) is 5.79. The number of hydrogen-bond donors (Lipinski definition) is 0. The summed E-state index contributed by atoms with van der Waals surface area (Å²) in [5.41, 5.74) is 3.53. The van der Waals surface area contributed by atoms with Crippen LogP contribution < -0.4 is 4.90 Å². The molecule has 2 rings (SSSR count). The molecule has 0 saturated heterocycles. The summed E-state index contributed by atoms with van der Waals surface area (Å²) in [6.07, 6.45) is 4.52. The zero-order valence-corrected chi connectivity index (χ0v) is 10.1. The summed E-state index contributed by atoms with van der Waals surface area (Å²) in [6.45, 7) is 5.60. The zero-order valence-electron chi connectivity index (χ0n) is 10.1. The molecule has 0 saturated carbocycles. The van der Waals surface area contributed by atoms with Gasteiger partial charge in [-0.15, -0.1) is 6.58 Å². The Bertz CT molecular complexity index is 569. The van der Waals surface area contributed by atoms with Gasteiger partial charge in [-0.25, -0.2) is 0 Å². The Morgan fingerprint density at radius 1 is 1.39 bits per heavy atom. The Balaban J connectivity index is 2.31. The number of benzene rings is 1. The van der Waals surface area contributed by atoms with Gasteiger partial charge in [0.2, 0.25) is 0 Å². The molecule has 1 aliphatic rings. The lowest BCUT2D eigenvalue weighted by atomic mass is 10.1. The Hall–Kier alpha value is -2.52. The van der Waals surface area contributed by atoms with Crippen molar-refractivity contribution in [1.82, 2.24) is 0 Å². The standard InChI is InChI=1S/C15H13N3/c1-2-6-18-7-5-14-9-12(3-4-15(14)18)8-13(10-16)11-17/h2-4,8-9H,1,5-7H2. The number of nitriles is 2. The summed E-state index contributed by atoms with van der Waals surface area (Å²) in [4.78, 5) is 2.27. The van der Waals surface area contributed by atoms with Crippen molar-refractivity contribution in [2.75, 3.05) is 18.0 Å². The first kappa shape index (κ1) is 12.0. The van der Waals surface area contributed by atoms with Gasteiger partial charge in [0.05, 0.1) is 0 Å². The maximum absolute atomic E-state index is 8.73. The largest absolute Gasteiger partial charge is 0.367 e. The third-order valence-corrected chi connectivity index (χ3v) is 3.00. The fourth-order valence-electron chi connectivity index (χ4n) is 2.18. The molecular formula is C15H13N3. The monoisotopic (exact) mass is 235 g/mol. The van der Waals surface area contributed by atoms with E-state index >= 15 is 0 Å². The molecule has 0 bridgehead atoms. The molecular weight excluding hydrogens is 222 g/mol. The summed E-state index contributed by atoms with van der Waals surface area (Å²) in [6, 6.07) is 9.78. The van der Waals surface area contributed by atoms with E-state index in [4.69, 9.17) is 10.5 Å². The highest BCUT2D eigenvalue weighted by molar-refractivity contribution is 5.67. The molecule has 0 aromatic heterocycles. The molecule has 1 aromatic rings. The molecule has 0 amide bonds. The van der Waals surface area contributed by atoms with Crippen LogP contribution in [-0.4, -0.2) is 13.1 Å². The first-order valence-electron chi connectivity index (χ1n) is 5.79. The maximum atomic E-state index is 8.73. The van der Waals surface area contributed by atoms with Crippen LogP contribution >= 0.6 is 0 Å². The van der Waals surface area contributed by atoms with Crippen LogP contribution in [0, 0.1) is 22.7 Å². The number of hydrogen-bond acceptors (Lipinski definition) is 3. The molecule has 0 N–H and O–H groups in total. The molecule has 1 aromatic carbocycles. The van der Waals surface area contributed by atoms with E-state index in [0.29, 0.717) is 0 Å². The highest BCUT2D eigenvalue weighted by Gasteiger charge is 2.17. The molecule has 1 heterocycles. The Morgan fingerprint density at radius 3 is 2.83 bits per heavy atom. The average Bonchev–Trinajstić information content (AvgIpc) is 2.79. The Labute approximate surface area is 107 Å². The predicted octanol–water partition coefficient (Wildman–Crippen LogP) is 2.67. The Morgan fingerprint density at radius 2 is 2.17 bits per heavy atom. The molecule has 88 valence electrons. The fraction of sp³-hybridized carbons (Fsp3) is 0.200. The second-order valence-electron chi connectivity index (χ2n) is 4.15. The van der Waals surface area contributed by atoms with Crippen LogP contribution in [0.15, 0.2) is 36.4 Å². The summed E-state index contributed by atoms with van der Waals surface area (Å²) < 4.78 is 0. The van der Waals surface area contributed by atoms with E-state index < -0.39 is 0 Å². The summed E-state index contributed by atoms with van der Waals surface area (Å²) in [5.74, 6) is 0. The maximum Gasteiger partial charge on any atom is 0.130 e. The van der Waals surface area contributed by atoms with Gasteiger partial charge in [0.15, 0.2) is 0 Å². The SMILES string of the molecule is C=CCN1CCc2cc(C=C(C#N)C#N)ccc21. The molecule has 3 nitrogen and oxygen atoms in total. The van der Waals surface area contributed by atoms with E-state index in [1.807, 2.05) is 36.4 Å². The van der Waals surface area contributed by atoms with Gasteiger partial charge in [0.1, 0.15) is 17.7 Å². The van der Waals surface area contributed by atoms with Gasteiger partial charge in [0.25, 0.3) is 0 Å². The third kappa shape index (κ3) is 2.26. The van der Waals surface area contributed by atoms with Gasteiger partial charge in [0, 0.05) is 18.8 Å². The number of anilines is 1. The summed E-state index contributed by atoms with van der Waals surface area (Å²) in [7, 11) is 0. The fourth-order valence-corrected chi connectivity index (χ4v) is 2.18. The van der Waals surface area contributed by atoms with Gasteiger partial charge < -0.3 is 4.90 Å². The molecule has 18 heavy (non-hydrogen) atoms. The molecule has 1 aliphatic heterocycles. The van der Waals surface area contributed by atoms with Crippen LogP contribution in [-0.2, 0) is 6.42 Å². The normalized spacial score (nSPS) is 12.2. The lowest BCUT2D eigenvalue weighted by Gasteiger charge is -2.16. The van der Waals surface area contributed by atoms with Crippen molar-refractivity contribution in [3.63, 3.8) is 0 Å². The van der Waals surface area contributed by atoms with Crippen LogP contribution in [0.1, 0.15) is 11.1 Å². The van der Waals surface area contributed by atoms with Crippen LogP contribution in [0.4, 0.5) is 5.69 Å². The van der Waals surface area contributed by atoms with E-state index in [2.05, 4.69) is 11.5 Å². The van der Waals surface area contributed by atoms with Crippen LogP contribution in [0.5, 0.6) is 0 Å². The van der Waals surface area contributed by atoms with Gasteiger partial charge in [-0.2, -0.15) is 10.5 Å². The molecule has 0 spiro atoms. The van der Waals surface area contributed by atoms with E-state index in [1.165, 1.54) is 11.3 Å². The highest BCUT2D eigenvalue weighted by atomic mass is 15.1. The number of fused-ring (bicyclic) bond motifs is 1. The smallest absolute Gasteiger partial charge is 0.130 e. The van der Waals surface area contributed by atoms with Crippen molar-refractivity contribution in [2.24, 2.45) is 0 Å². The highest BCUT2D eigenvalue weighted by Crippen LogP contribution is 2.29. The minimum atomic E-state index is 0.135. The van der Waals surface area contributed by atoms with Crippen LogP contribution in [0.2, 0.25) is 0 Å². The van der Waals surface area contributed by atoms with Crippen molar-refractivity contribution >= 4 is 11.8 Å². The lowest BCUT2D eigenvalue weighted by Crippen LogP contribution is -2.19. The predicted molar refractivity (Wildman–Crippen MR) is 71.8 cm³/mol. The lowest BCUT2D eigenvalue weighted by molar-refractivity contribution is 0.905. The van der Waals surface area contributed by atoms with Gasteiger partial charge in [-0.05, 0) is 35.8 Å². The molecule has 0 fully saturated rings. The minimum Gasteiger partial charge on any atom is -0.367 e. The molecule has 0 unspecified atom stereocenters. The third-order valence-electron chi connectivity index (χ3n) is 3.00. The van der Waals surface area contributed by atoms with Crippen molar-refractivity contribution in [3.8, 4) is 12.1 Å². The molecule has 0 aliphatic carbocycles. The average molecular weight is 235 g/mol. The van der Waals surface area contributed by atoms with Gasteiger partial charge >= 0.3 is 0 Å². The van der Waals surface area contributed by atoms with E-state index in [9.17, 15) is 0 Å². The topological polar surface area (TPSA) is 50.8 Å². The van der Waals surface area contributed by atoms with Crippen molar-refractivity contribution in [2.45, 2.75) is 6.42 Å². The Kier molecular flexibility index (Phi) is 3.46. The summed E-state index contributed by atoms with van der Waals surface area (Å²) in [5, 5.41) is 17.5. The zero-order chi connectivity index (χ0) is 13.0. The van der Waals surface area contributed by atoms with E-state index in [1.54, 1.807) is 6.08 Å². The van der Waals surface area contributed by atoms with Crippen molar-refractivity contribution in [3.05, 3.63) is 47.6 Å². The second kappa shape index (κ2) is 5.21. The van der Waals surface area contributed by atoms with E-state index in [0.717, 1.165) is 25.1 Å². The van der Waals surface area contributed by atoms with Gasteiger partial charge in [-0.3, -0.25) is 0 Å². The molecule has 0 atom stereocenters.